The van der Waals surface area contributed by atoms with Crippen molar-refractivity contribution in [2.75, 3.05) is 33.4 Å². The maximum absolute atomic E-state index is 9.56. The molecule has 0 aliphatic carbocycles. The Kier molecular flexibility index (Phi) is 8.78. The van der Waals surface area contributed by atoms with Crippen LogP contribution in [0.5, 0.6) is 0 Å². The van der Waals surface area contributed by atoms with Crippen molar-refractivity contribution < 1.29 is 9.84 Å². The molecule has 0 amide bonds. The lowest BCUT2D eigenvalue weighted by Crippen LogP contribution is -2.51. The molecule has 0 heterocycles. The monoisotopic (exact) mass is 260 g/mol. The zero-order valence-corrected chi connectivity index (χ0v) is 13.0. The van der Waals surface area contributed by atoms with Gasteiger partial charge in [0.15, 0.2) is 0 Å². The average Bonchev–Trinajstić information content (AvgIpc) is 2.27. The Bertz CT molecular complexity index is 210. The molecular weight excluding hydrogens is 228 g/mol. The SMILES string of the molecule is COCCN(CCC(C)(CO)NC(C)C)C(C)C. The molecular formula is C14H32N2O2. The van der Waals surface area contributed by atoms with Crippen molar-refractivity contribution in [1.29, 1.82) is 0 Å². The average molecular weight is 260 g/mol. The van der Waals surface area contributed by atoms with Gasteiger partial charge in [0.1, 0.15) is 0 Å². The number of ether oxygens (including phenoxy) is 1. The Hall–Kier alpha value is -0.160. The Morgan fingerprint density at radius 2 is 1.83 bits per heavy atom. The van der Waals surface area contributed by atoms with Gasteiger partial charge in [0.25, 0.3) is 0 Å². The molecule has 1 atom stereocenters. The highest BCUT2D eigenvalue weighted by molar-refractivity contribution is 4.85. The Labute approximate surface area is 113 Å². The maximum Gasteiger partial charge on any atom is 0.0611 e. The smallest absolute Gasteiger partial charge is 0.0611 e. The molecule has 0 aromatic carbocycles. The second-order valence-corrected chi connectivity index (χ2v) is 5.89. The van der Waals surface area contributed by atoms with E-state index in [0.29, 0.717) is 12.1 Å². The lowest BCUT2D eigenvalue weighted by Gasteiger charge is -2.35. The van der Waals surface area contributed by atoms with E-state index in [2.05, 4.69) is 44.8 Å². The standard InChI is InChI=1S/C14H32N2O2/c1-12(2)15-14(5,11-17)7-8-16(13(3)4)9-10-18-6/h12-13,15,17H,7-11H2,1-6H3. The van der Waals surface area contributed by atoms with Gasteiger partial charge in [-0.3, -0.25) is 4.90 Å². The molecule has 4 heteroatoms. The second kappa shape index (κ2) is 8.86. The van der Waals surface area contributed by atoms with E-state index in [1.807, 2.05) is 0 Å². The van der Waals surface area contributed by atoms with Crippen LogP contribution in [-0.2, 0) is 4.74 Å². The van der Waals surface area contributed by atoms with E-state index in [1.54, 1.807) is 7.11 Å². The number of aliphatic hydroxyl groups excluding tert-OH is 1. The highest BCUT2D eigenvalue weighted by atomic mass is 16.5. The van der Waals surface area contributed by atoms with Crippen LogP contribution in [0.3, 0.4) is 0 Å². The van der Waals surface area contributed by atoms with E-state index in [0.717, 1.165) is 26.1 Å². The van der Waals surface area contributed by atoms with Crippen LogP contribution in [0.25, 0.3) is 0 Å². The third-order valence-electron chi connectivity index (χ3n) is 3.25. The minimum Gasteiger partial charge on any atom is -0.394 e. The molecule has 0 bridgehead atoms. The van der Waals surface area contributed by atoms with Gasteiger partial charge in [-0.25, -0.2) is 0 Å². The van der Waals surface area contributed by atoms with Crippen molar-refractivity contribution in [3.63, 3.8) is 0 Å². The summed E-state index contributed by atoms with van der Waals surface area (Å²) < 4.78 is 5.14. The highest BCUT2D eigenvalue weighted by Crippen LogP contribution is 2.12. The molecule has 0 aromatic rings. The van der Waals surface area contributed by atoms with Crippen molar-refractivity contribution in [1.82, 2.24) is 10.2 Å². The van der Waals surface area contributed by atoms with E-state index in [-0.39, 0.29) is 12.1 Å². The minimum atomic E-state index is -0.200. The summed E-state index contributed by atoms with van der Waals surface area (Å²) in [7, 11) is 1.73. The van der Waals surface area contributed by atoms with Crippen LogP contribution in [-0.4, -0.2) is 61.0 Å². The molecule has 2 N–H and O–H groups in total. The molecule has 4 nitrogen and oxygen atoms in total. The number of methoxy groups -OCH3 is 1. The molecule has 18 heavy (non-hydrogen) atoms. The fourth-order valence-electron chi connectivity index (χ4n) is 2.12. The lowest BCUT2D eigenvalue weighted by atomic mass is 9.97. The first kappa shape index (κ1) is 17.8. The summed E-state index contributed by atoms with van der Waals surface area (Å²) in [5, 5.41) is 13.0. The van der Waals surface area contributed by atoms with Gasteiger partial charge in [-0.2, -0.15) is 0 Å². The maximum atomic E-state index is 9.56. The van der Waals surface area contributed by atoms with Gasteiger partial charge in [-0.05, 0) is 27.2 Å². The van der Waals surface area contributed by atoms with Crippen molar-refractivity contribution in [3.8, 4) is 0 Å². The van der Waals surface area contributed by atoms with Gasteiger partial charge >= 0.3 is 0 Å². The number of rotatable bonds is 10. The summed E-state index contributed by atoms with van der Waals surface area (Å²) in [6, 6.07) is 0.885. The summed E-state index contributed by atoms with van der Waals surface area (Å²) >= 11 is 0. The van der Waals surface area contributed by atoms with Crippen LogP contribution >= 0.6 is 0 Å². The van der Waals surface area contributed by atoms with Crippen LogP contribution in [0.4, 0.5) is 0 Å². The molecule has 1 unspecified atom stereocenters. The summed E-state index contributed by atoms with van der Waals surface area (Å²) in [6.45, 7) is 13.5. The summed E-state index contributed by atoms with van der Waals surface area (Å²) in [4.78, 5) is 2.39. The third kappa shape index (κ3) is 7.31. The molecule has 0 spiro atoms. The first-order chi connectivity index (χ1) is 8.34. The van der Waals surface area contributed by atoms with E-state index >= 15 is 0 Å². The molecule has 0 aliphatic rings. The number of hydrogen-bond donors (Lipinski definition) is 2. The number of nitrogens with one attached hydrogen (secondary N) is 1. The lowest BCUT2D eigenvalue weighted by molar-refractivity contribution is 0.102. The zero-order chi connectivity index (χ0) is 14.2. The quantitative estimate of drug-likeness (QED) is 0.624. The topological polar surface area (TPSA) is 44.7 Å². The van der Waals surface area contributed by atoms with Crippen molar-refractivity contribution in [2.24, 2.45) is 0 Å². The predicted octanol–water partition coefficient (Wildman–Crippen LogP) is 1.48. The molecule has 0 aromatic heterocycles. The van der Waals surface area contributed by atoms with E-state index in [9.17, 15) is 5.11 Å². The summed E-state index contributed by atoms with van der Waals surface area (Å²) in [5.74, 6) is 0. The summed E-state index contributed by atoms with van der Waals surface area (Å²) in [6.07, 6.45) is 0.934. The molecule has 0 aliphatic heterocycles. The Balaban J connectivity index is 4.28. The van der Waals surface area contributed by atoms with Crippen LogP contribution in [0.2, 0.25) is 0 Å². The highest BCUT2D eigenvalue weighted by Gasteiger charge is 2.25. The van der Waals surface area contributed by atoms with Crippen molar-refractivity contribution in [2.45, 2.75) is 58.7 Å². The molecule has 0 saturated heterocycles. The largest absolute Gasteiger partial charge is 0.394 e. The van der Waals surface area contributed by atoms with E-state index in [4.69, 9.17) is 4.74 Å². The van der Waals surface area contributed by atoms with Crippen molar-refractivity contribution in [3.05, 3.63) is 0 Å². The number of nitrogens with zero attached hydrogens (tertiary/aromatic N) is 1. The van der Waals surface area contributed by atoms with Gasteiger partial charge < -0.3 is 15.2 Å². The third-order valence-corrected chi connectivity index (χ3v) is 3.25. The van der Waals surface area contributed by atoms with E-state index in [1.165, 1.54) is 0 Å². The van der Waals surface area contributed by atoms with Gasteiger partial charge in [0, 0.05) is 37.8 Å². The second-order valence-electron chi connectivity index (χ2n) is 5.89. The van der Waals surface area contributed by atoms with Gasteiger partial charge in [-0.15, -0.1) is 0 Å². The molecule has 0 radical (unpaired) electrons. The van der Waals surface area contributed by atoms with Crippen LogP contribution in [0.15, 0.2) is 0 Å². The molecule has 110 valence electrons. The van der Waals surface area contributed by atoms with Gasteiger partial charge in [0.2, 0.25) is 0 Å². The van der Waals surface area contributed by atoms with Crippen LogP contribution < -0.4 is 5.32 Å². The minimum absolute atomic E-state index is 0.168. The fraction of sp³-hybridized carbons (Fsp3) is 1.00. The van der Waals surface area contributed by atoms with Crippen LogP contribution in [0.1, 0.15) is 41.0 Å². The first-order valence-electron chi connectivity index (χ1n) is 6.96. The number of hydrogen-bond acceptors (Lipinski definition) is 4. The van der Waals surface area contributed by atoms with Crippen LogP contribution in [0, 0.1) is 0 Å². The number of aliphatic hydroxyl groups is 1. The normalized spacial score (nSPS) is 15.7. The van der Waals surface area contributed by atoms with E-state index < -0.39 is 0 Å². The molecule has 0 saturated carbocycles. The predicted molar refractivity (Wildman–Crippen MR) is 77.0 cm³/mol. The van der Waals surface area contributed by atoms with Crippen molar-refractivity contribution >= 4 is 0 Å². The Morgan fingerprint density at radius 3 is 2.22 bits per heavy atom. The Morgan fingerprint density at radius 1 is 1.22 bits per heavy atom. The van der Waals surface area contributed by atoms with Gasteiger partial charge in [0.05, 0.1) is 13.2 Å². The van der Waals surface area contributed by atoms with Gasteiger partial charge in [-0.1, -0.05) is 13.8 Å². The molecule has 0 fully saturated rings. The fourth-order valence-corrected chi connectivity index (χ4v) is 2.12. The summed E-state index contributed by atoms with van der Waals surface area (Å²) in [5.41, 5.74) is -0.200. The first-order valence-corrected chi connectivity index (χ1v) is 6.96. The molecule has 0 rings (SSSR count). The zero-order valence-electron chi connectivity index (χ0n) is 13.0.